The van der Waals surface area contributed by atoms with E-state index in [1.807, 2.05) is 6.07 Å². The fraction of sp³-hybridized carbons (Fsp3) is 0.333. The van der Waals surface area contributed by atoms with Gasteiger partial charge in [-0.25, -0.2) is 4.39 Å². The van der Waals surface area contributed by atoms with Crippen LogP contribution < -0.4 is 5.32 Å². The highest BCUT2D eigenvalue weighted by atomic mass is 79.9. The Balaban J connectivity index is 2.99. The second-order valence-electron chi connectivity index (χ2n) is 3.88. The number of halogens is 2. The van der Waals surface area contributed by atoms with E-state index in [1.54, 1.807) is 13.8 Å². The van der Waals surface area contributed by atoms with Crippen molar-refractivity contribution in [3.63, 3.8) is 0 Å². The number of carbonyl (C=O) groups is 1. The fourth-order valence-electron chi connectivity index (χ4n) is 1.18. The van der Waals surface area contributed by atoms with Crippen LogP contribution in [-0.2, 0) is 0 Å². The average molecular weight is 299 g/mol. The number of rotatable bonds is 3. The van der Waals surface area contributed by atoms with Gasteiger partial charge in [-0.15, -0.1) is 0 Å². The molecule has 1 N–H and O–H groups in total. The van der Waals surface area contributed by atoms with Gasteiger partial charge in [0.15, 0.2) is 0 Å². The zero-order valence-electron chi connectivity index (χ0n) is 9.55. The largest absolute Gasteiger partial charge is 0.334 e. The molecule has 0 aliphatic heterocycles. The second kappa shape index (κ2) is 5.28. The van der Waals surface area contributed by atoms with Crippen LogP contribution in [0, 0.1) is 17.1 Å². The molecular weight excluding hydrogens is 287 g/mol. The van der Waals surface area contributed by atoms with Crippen LogP contribution in [0.5, 0.6) is 0 Å². The van der Waals surface area contributed by atoms with Gasteiger partial charge in [-0.1, -0.05) is 22.9 Å². The number of nitrogens with one attached hydrogen (secondary N) is 1. The monoisotopic (exact) mass is 298 g/mol. The summed E-state index contributed by atoms with van der Waals surface area (Å²) in [4.78, 5) is 11.8. The normalized spacial score (nSPS) is 13.6. The maximum Gasteiger partial charge on any atom is 0.255 e. The summed E-state index contributed by atoms with van der Waals surface area (Å²) in [5.74, 6) is -1.20. The van der Waals surface area contributed by atoms with Gasteiger partial charge in [0.2, 0.25) is 0 Å². The fourth-order valence-corrected chi connectivity index (χ4v) is 1.55. The molecule has 1 atom stereocenters. The molecule has 1 rings (SSSR count). The summed E-state index contributed by atoms with van der Waals surface area (Å²) in [7, 11) is 0. The Labute approximate surface area is 108 Å². The Morgan fingerprint density at radius 2 is 2.29 bits per heavy atom. The summed E-state index contributed by atoms with van der Waals surface area (Å²) in [6.45, 7) is 3.38. The molecule has 1 aromatic carbocycles. The highest BCUT2D eigenvalue weighted by Crippen LogP contribution is 2.17. The molecule has 0 fully saturated rings. The van der Waals surface area contributed by atoms with Crippen LogP contribution in [0.2, 0.25) is 0 Å². The minimum Gasteiger partial charge on any atom is -0.334 e. The van der Waals surface area contributed by atoms with E-state index in [4.69, 9.17) is 5.26 Å². The van der Waals surface area contributed by atoms with Crippen molar-refractivity contribution in [3.05, 3.63) is 34.1 Å². The minimum atomic E-state index is -0.980. The van der Waals surface area contributed by atoms with Crippen molar-refractivity contribution < 1.29 is 9.18 Å². The molecule has 1 unspecified atom stereocenters. The molecule has 17 heavy (non-hydrogen) atoms. The van der Waals surface area contributed by atoms with E-state index in [9.17, 15) is 9.18 Å². The molecule has 3 nitrogen and oxygen atoms in total. The topological polar surface area (TPSA) is 52.9 Å². The SMILES string of the molecule is CCC(C)(C#N)NC(=O)c1cc(Br)ccc1F. The quantitative estimate of drug-likeness (QED) is 0.932. The molecule has 0 aliphatic rings. The summed E-state index contributed by atoms with van der Waals surface area (Å²) in [5, 5.41) is 11.5. The lowest BCUT2D eigenvalue weighted by atomic mass is 10.0. The zero-order chi connectivity index (χ0) is 13.1. The summed E-state index contributed by atoms with van der Waals surface area (Å²) >= 11 is 3.17. The van der Waals surface area contributed by atoms with Crippen molar-refractivity contribution in [1.29, 1.82) is 5.26 Å². The van der Waals surface area contributed by atoms with Crippen LogP contribution in [0.1, 0.15) is 30.6 Å². The van der Waals surface area contributed by atoms with Gasteiger partial charge in [-0.3, -0.25) is 4.79 Å². The Bertz CT molecular complexity index is 484. The van der Waals surface area contributed by atoms with E-state index in [2.05, 4.69) is 21.2 Å². The van der Waals surface area contributed by atoms with E-state index in [0.29, 0.717) is 10.9 Å². The van der Waals surface area contributed by atoms with Gasteiger partial charge in [0.25, 0.3) is 5.91 Å². The molecule has 0 radical (unpaired) electrons. The predicted molar refractivity (Wildman–Crippen MR) is 65.9 cm³/mol. The molecule has 5 heteroatoms. The third-order valence-corrected chi connectivity index (χ3v) is 3.01. The molecule has 0 heterocycles. The molecule has 0 saturated carbocycles. The summed E-state index contributed by atoms with van der Waals surface area (Å²) in [6, 6.07) is 6.10. The number of nitriles is 1. The molecule has 0 aliphatic carbocycles. The highest BCUT2D eigenvalue weighted by molar-refractivity contribution is 9.10. The number of hydrogen-bond acceptors (Lipinski definition) is 2. The van der Waals surface area contributed by atoms with Crippen molar-refractivity contribution in [2.75, 3.05) is 0 Å². The maximum atomic E-state index is 13.4. The Morgan fingerprint density at radius 1 is 1.65 bits per heavy atom. The number of benzene rings is 1. The van der Waals surface area contributed by atoms with Crippen LogP contribution >= 0.6 is 15.9 Å². The summed E-state index contributed by atoms with van der Waals surface area (Å²) < 4.78 is 14.0. The molecule has 0 bridgehead atoms. The van der Waals surface area contributed by atoms with Gasteiger partial charge in [0, 0.05) is 4.47 Å². The predicted octanol–water partition coefficient (Wildman–Crippen LogP) is 3.01. The molecule has 0 aromatic heterocycles. The van der Waals surface area contributed by atoms with E-state index in [-0.39, 0.29) is 5.56 Å². The summed E-state index contributed by atoms with van der Waals surface area (Å²) in [6.07, 6.45) is 0.449. The lowest BCUT2D eigenvalue weighted by Gasteiger charge is -2.21. The van der Waals surface area contributed by atoms with Crippen LogP contribution in [0.25, 0.3) is 0 Å². The summed E-state index contributed by atoms with van der Waals surface area (Å²) in [5.41, 5.74) is -1.06. The number of carbonyl (C=O) groups excluding carboxylic acids is 1. The Morgan fingerprint density at radius 3 is 2.82 bits per heavy atom. The Hall–Kier alpha value is -1.41. The van der Waals surface area contributed by atoms with Gasteiger partial charge >= 0.3 is 0 Å². The van der Waals surface area contributed by atoms with E-state index in [0.717, 1.165) is 0 Å². The number of hydrogen-bond donors (Lipinski definition) is 1. The second-order valence-corrected chi connectivity index (χ2v) is 4.79. The molecular formula is C12H12BrFN2O. The first-order valence-electron chi connectivity index (χ1n) is 5.10. The molecule has 1 amide bonds. The van der Waals surface area contributed by atoms with E-state index >= 15 is 0 Å². The smallest absolute Gasteiger partial charge is 0.255 e. The van der Waals surface area contributed by atoms with Gasteiger partial charge in [0.05, 0.1) is 11.6 Å². The number of nitrogens with zero attached hydrogens (tertiary/aromatic N) is 1. The number of amides is 1. The van der Waals surface area contributed by atoms with Gasteiger partial charge < -0.3 is 5.32 Å². The first-order valence-corrected chi connectivity index (χ1v) is 5.90. The maximum absolute atomic E-state index is 13.4. The highest BCUT2D eigenvalue weighted by Gasteiger charge is 2.25. The average Bonchev–Trinajstić information content (AvgIpc) is 2.32. The van der Waals surface area contributed by atoms with Gasteiger partial charge in [-0.05, 0) is 31.5 Å². The van der Waals surface area contributed by atoms with Crippen LogP contribution in [0.4, 0.5) is 4.39 Å². The third kappa shape index (κ3) is 3.27. The van der Waals surface area contributed by atoms with Gasteiger partial charge in [-0.2, -0.15) is 5.26 Å². The van der Waals surface area contributed by atoms with Crippen LogP contribution in [0.15, 0.2) is 22.7 Å². The van der Waals surface area contributed by atoms with Crippen molar-refractivity contribution in [3.8, 4) is 6.07 Å². The van der Waals surface area contributed by atoms with E-state index < -0.39 is 17.3 Å². The van der Waals surface area contributed by atoms with Crippen molar-refractivity contribution in [2.45, 2.75) is 25.8 Å². The minimum absolute atomic E-state index is 0.0747. The van der Waals surface area contributed by atoms with Crippen LogP contribution in [0.3, 0.4) is 0 Å². The lowest BCUT2D eigenvalue weighted by Crippen LogP contribution is -2.44. The standard InChI is InChI=1S/C12H12BrFN2O/c1-3-12(2,7-15)16-11(17)9-6-8(13)4-5-10(9)14/h4-6H,3H2,1-2H3,(H,16,17). The van der Waals surface area contributed by atoms with E-state index in [1.165, 1.54) is 18.2 Å². The van der Waals surface area contributed by atoms with Crippen molar-refractivity contribution >= 4 is 21.8 Å². The zero-order valence-corrected chi connectivity index (χ0v) is 11.1. The molecule has 0 spiro atoms. The first-order chi connectivity index (χ1) is 7.91. The Kier molecular flexibility index (Phi) is 4.24. The van der Waals surface area contributed by atoms with Crippen LogP contribution in [-0.4, -0.2) is 11.4 Å². The van der Waals surface area contributed by atoms with Crippen molar-refractivity contribution in [2.24, 2.45) is 0 Å². The molecule has 90 valence electrons. The third-order valence-electron chi connectivity index (χ3n) is 2.52. The lowest BCUT2D eigenvalue weighted by molar-refractivity contribution is 0.0919. The molecule has 0 saturated heterocycles. The molecule has 1 aromatic rings. The van der Waals surface area contributed by atoms with Gasteiger partial charge in [0.1, 0.15) is 11.4 Å². The first kappa shape index (κ1) is 13.7. The van der Waals surface area contributed by atoms with Crippen molar-refractivity contribution in [1.82, 2.24) is 5.32 Å².